The van der Waals surface area contributed by atoms with Crippen LogP contribution in [0.1, 0.15) is 10.4 Å². The largest absolute Gasteiger partial charge is 0.478 e. The first-order chi connectivity index (χ1) is 12.0. The van der Waals surface area contributed by atoms with Gasteiger partial charge in [-0.3, -0.25) is 24.4 Å². The fourth-order valence-corrected chi connectivity index (χ4v) is 2.89. The van der Waals surface area contributed by atoms with Gasteiger partial charge in [-0.05, 0) is 0 Å². The molecular weight excluding hydrogens is 442 g/mol. The molecule has 1 rings (SSSR count). The monoisotopic (exact) mass is 455 g/mol. The number of nitro benzene ring substituents is 2. The van der Waals surface area contributed by atoms with Crippen LogP contribution in [0.2, 0.25) is 0 Å². The SMILES string of the molecule is CS(=O)(=O)OCCN(CCBr)c1c(C(=O)O)cc([N+](=O)[O-])cc1[N+](=O)[O-]. The summed E-state index contributed by atoms with van der Waals surface area (Å²) in [6.45, 7) is -0.525. The molecule has 0 bridgehead atoms. The van der Waals surface area contributed by atoms with Crippen LogP contribution < -0.4 is 4.90 Å². The van der Waals surface area contributed by atoms with Crippen LogP contribution in [0.3, 0.4) is 0 Å². The molecule has 0 aliphatic rings. The fourth-order valence-electron chi connectivity index (χ4n) is 2.08. The van der Waals surface area contributed by atoms with E-state index in [9.17, 15) is 38.5 Å². The molecule has 1 aromatic carbocycles. The van der Waals surface area contributed by atoms with E-state index in [0.717, 1.165) is 6.26 Å². The number of nitro groups is 2. The number of carboxylic acid groups (broad SMARTS) is 1. The van der Waals surface area contributed by atoms with E-state index < -0.39 is 42.9 Å². The third-order valence-electron chi connectivity index (χ3n) is 3.04. The smallest absolute Gasteiger partial charge is 0.338 e. The summed E-state index contributed by atoms with van der Waals surface area (Å²) in [5, 5.41) is 31.9. The van der Waals surface area contributed by atoms with E-state index in [1.165, 1.54) is 4.90 Å². The topological polar surface area (TPSA) is 170 Å². The maximum atomic E-state index is 11.5. The minimum Gasteiger partial charge on any atom is -0.478 e. The molecule has 1 aromatic rings. The van der Waals surface area contributed by atoms with Gasteiger partial charge >= 0.3 is 5.97 Å². The van der Waals surface area contributed by atoms with Crippen molar-refractivity contribution in [3.8, 4) is 0 Å². The Kier molecular flexibility index (Phi) is 7.41. The fraction of sp³-hybridized carbons (Fsp3) is 0.417. The predicted octanol–water partition coefficient (Wildman–Crippen LogP) is 1.38. The Hall–Kier alpha value is -2.32. The summed E-state index contributed by atoms with van der Waals surface area (Å²) in [6, 6.07) is 1.36. The Morgan fingerprint density at radius 2 is 1.88 bits per heavy atom. The zero-order chi connectivity index (χ0) is 20.1. The molecule has 0 aliphatic carbocycles. The molecule has 12 nitrogen and oxygen atoms in total. The molecule has 0 saturated heterocycles. The van der Waals surface area contributed by atoms with Gasteiger partial charge in [-0.2, -0.15) is 8.42 Å². The van der Waals surface area contributed by atoms with Gasteiger partial charge in [-0.15, -0.1) is 0 Å². The zero-order valence-corrected chi connectivity index (χ0v) is 15.7. The van der Waals surface area contributed by atoms with Crippen molar-refractivity contribution in [1.82, 2.24) is 0 Å². The number of anilines is 1. The van der Waals surface area contributed by atoms with Gasteiger partial charge in [0.1, 0.15) is 5.69 Å². The second-order valence-corrected chi connectivity index (χ2v) is 7.32. The summed E-state index contributed by atoms with van der Waals surface area (Å²) in [7, 11) is -3.77. The molecule has 144 valence electrons. The van der Waals surface area contributed by atoms with Crippen LogP contribution in [0.25, 0.3) is 0 Å². The number of carboxylic acids is 1. The van der Waals surface area contributed by atoms with E-state index >= 15 is 0 Å². The Morgan fingerprint density at radius 1 is 1.27 bits per heavy atom. The Morgan fingerprint density at radius 3 is 2.31 bits per heavy atom. The van der Waals surface area contributed by atoms with Gasteiger partial charge in [0.25, 0.3) is 21.5 Å². The van der Waals surface area contributed by atoms with Crippen LogP contribution in [0.15, 0.2) is 12.1 Å². The summed E-state index contributed by atoms with van der Waals surface area (Å²) < 4.78 is 26.7. The number of alkyl halides is 1. The summed E-state index contributed by atoms with van der Waals surface area (Å²) in [5.74, 6) is -1.60. The van der Waals surface area contributed by atoms with Crippen LogP contribution in [-0.2, 0) is 14.3 Å². The zero-order valence-electron chi connectivity index (χ0n) is 13.3. The normalized spacial score (nSPS) is 11.2. The molecular formula is C12H14BrN3O9S. The van der Waals surface area contributed by atoms with E-state index in [1.807, 2.05) is 0 Å². The van der Waals surface area contributed by atoms with Crippen molar-refractivity contribution in [1.29, 1.82) is 0 Å². The summed E-state index contributed by atoms with van der Waals surface area (Å²) in [4.78, 5) is 33.1. The average Bonchev–Trinajstić information content (AvgIpc) is 2.51. The van der Waals surface area contributed by atoms with Crippen LogP contribution in [0, 0.1) is 20.2 Å². The lowest BCUT2D eigenvalue weighted by atomic mass is 10.1. The molecule has 0 fully saturated rings. The maximum Gasteiger partial charge on any atom is 0.338 e. The number of hydrogen-bond donors (Lipinski definition) is 1. The molecule has 14 heteroatoms. The highest BCUT2D eigenvalue weighted by atomic mass is 79.9. The number of rotatable bonds is 10. The summed E-state index contributed by atoms with van der Waals surface area (Å²) in [6.07, 6.45) is 0.818. The second kappa shape index (κ2) is 8.86. The Labute approximate surface area is 155 Å². The van der Waals surface area contributed by atoms with E-state index in [1.54, 1.807) is 0 Å². The summed E-state index contributed by atoms with van der Waals surface area (Å²) in [5.41, 5.74) is -2.54. The lowest BCUT2D eigenvalue weighted by molar-refractivity contribution is -0.393. The van der Waals surface area contributed by atoms with E-state index in [0.29, 0.717) is 12.1 Å². The number of aromatic carboxylic acids is 1. The molecule has 0 amide bonds. The number of carbonyl (C=O) groups is 1. The molecule has 0 spiro atoms. The van der Waals surface area contributed by atoms with Gasteiger partial charge in [-0.1, -0.05) is 15.9 Å². The van der Waals surface area contributed by atoms with Gasteiger partial charge in [0.05, 0.1) is 34.3 Å². The molecule has 0 aliphatic heterocycles. The Bertz CT molecular complexity index is 792. The van der Waals surface area contributed by atoms with Gasteiger partial charge in [0, 0.05) is 24.5 Å². The van der Waals surface area contributed by atoms with Crippen molar-refractivity contribution in [3.63, 3.8) is 0 Å². The van der Waals surface area contributed by atoms with Crippen molar-refractivity contribution in [2.24, 2.45) is 0 Å². The number of benzene rings is 1. The van der Waals surface area contributed by atoms with Gasteiger partial charge in [0.2, 0.25) is 0 Å². The standard InChI is InChI=1S/C12H14BrN3O9S/c1-26(23,24)25-5-4-14(3-2-13)11-9(12(17)18)6-8(15(19)20)7-10(11)16(21)22/h6-7H,2-5H2,1H3,(H,17,18). The number of halogens is 1. The quantitative estimate of drug-likeness (QED) is 0.235. The molecule has 26 heavy (non-hydrogen) atoms. The highest BCUT2D eigenvalue weighted by Crippen LogP contribution is 2.36. The van der Waals surface area contributed by atoms with Crippen molar-refractivity contribution < 1.29 is 32.3 Å². The van der Waals surface area contributed by atoms with Crippen LogP contribution in [-0.4, -0.2) is 60.6 Å². The second-order valence-electron chi connectivity index (χ2n) is 4.88. The van der Waals surface area contributed by atoms with Gasteiger partial charge in [-0.25, -0.2) is 4.79 Å². The first-order valence-electron chi connectivity index (χ1n) is 6.83. The number of non-ortho nitro benzene ring substituents is 1. The van der Waals surface area contributed by atoms with E-state index in [-0.39, 0.29) is 30.7 Å². The lowest BCUT2D eigenvalue weighted by Crippen LogP contribution is -2.32. The average molecular weight is 456 g/mol. The molecule has 0 radical (unpaired) electrons. The minimum absolute atomic E-state index is 0.0616. The molecule has 1 N–H and O–H groups in total. The molecule has 0 unspecified atom stereocenters. The van der Waals surface area contributed by atoms with Crippen molar-refractivity contribution in [2.75, 3.05) is 36.2 Å². The highest BCUT2D eigenvalue weighted by molar-refractivity contribution is 9.09. The minimum atomic E-state index is -3.77. The van der Waals surface area contributed by atoms with E-state index in [2.05, 4.69) is 20.1 Å². The van der Waals surface area contributed by atoms with Crippen LogP contribution in [0.4, 0.5) is 17.1 Å². The molecule has 0 heterocycles. The van der Waals surface area contributed by atoms with Crippen molar-refractivity contribution in [2.45, 2.75) is 0 Å². The third kappa shape index (κ3) is 5.89. The number of hydrogen-bond acceptors (Lipinski definition) is 9. The lowest BCUT2D eigenvalue weighted by Gasteiger charge is -2.24. The predicted molar refractivity (Wildman–Crippen MR) is 93.5 cm³/mol. The van der Waals surface area contributed by atoms with Crippen molar-refractivity contribution in [3.05, 3.63) is 37.9 Å². The maximum absolute atomic E-state index is 11.5. The number of nitrogens with zero attached hydrogens (tertiary/aromatic N) is 3. The van der Waals surface area contributed by atoms with Crippen molar-refractivity contribution >= 4 is 49.1 Å². The van der Waals surface area contributed by atoms with Gasteiger partial charge in [0.15, 0.2) is 0 Å². The highest BCUT2D eigenvalue weighted by Gasteiger charge is 2.30. The third-order valence-corrected chi connectivity index (χ3v) is 3.99. The van der Waals surface area contributed by atoms with Crippen LogP contribution in [0.5, 0.6) is 0 Å². The van der Waals surface area contributed by atoms with E-state index in [4.69, 9.17) is 0 Å². The molecule has 0 atom stereocenters. The molecule has 0 aromatic heterocycles. The first kappa shape index (κ1) is 21.7. The van der Waals surface area contributed by atoms with Crippen LogP contribution >= 0.6 is 15.9 Å². The Balaban J connectivity index is 3.49. The molecule has 0 saturated carbocycles. The van der Waals surface area contributed by atoms with Gasteiger partial charge < -0.3 is 10.0 Å². The summed E-state index contributed by atoms with van der Waals surface area (Å²) >= 11 is 3.11. The first-order valence-corrected chi connectivity index (χ1v) is 9.77.